The van der Waals surface area contributed by atoms with Crippen molar-refractivity contribution in [3.05, 3.63) is 34.3 Å². The van der Waals surface area contributed by atoms with Crippen molar-refractivity contribution in [1.29, 1.82) is 0 Å². The van der Waals surface area contributed by atoms with Gasteiger partial charge in [-0.1, -0.05) is 15.9 Å². The van der Waals surface area contributed by atoms with Gasteiger partial charge in [-0.25, -0.2) is 0 Å². The molecule has 0 unspecified atom stereocenters. The summed E-state index contributed by atoms with van der Waals surface area (Å²) in [6.45, 7) is -6.36. The van der Waals surface area contributed by atoms with Gasteiger partial charge in [-0.3, -0.25) is 9.48 Å². The second-order valence-electron chi connectivity index (χ2n) is 5.94. The second-order valence-corrected chi connectivity index (χ2v) is 6.86. The third-order valence-corrected chi connectivity index (χ3v) is 4.56. The van der Waals surface area contributed by atoms with Crippen LogP contribution in [0.5, 0.6) is 17.2 Å². The summed E-state index contributed by atoms with van der Waals surface area (Å²) >= 11 is 3.20. The average Bonchev–Trinajstić information content (AvgIpc) is 2.95. The van der Waals surface area contributed by atoms with E-state index in [0.29, 0.717) is 9.99 Å². The van der Waals surface area contributed by atoms with Crippen LogP contribution in [0.25, 0.3) is 22.2 Å². The summed E-state index contributed by atoms with van der Waals surface area (Å²) in [5, 5.41) is 4.45. The molecule has 0 radical (unpaired) electrons. The molecule has 30 heavy (non-hydrogen) atoms. The van der Waals surface area contributed by atoms with Gasteiger partial charge in [-0.15, -0.1) is 0 Å². The molecule has 3 rings (SSSR count). The van der Waals surface area contributed by atoms with E-state index in [2.05, 4.69) is 30.5 Å². The van der Waals surface area contributed by atoms with Crippen LogP contribution in [-0.4, -0.2) is 36.0 Å². The Bertz CT molecular complexity index is 1120. The largest absolute Gasteiger partial charge is 0.496 e. The van der Waals surface area contributed by atoms with Crippen LogP contribution in [0.1, 0.15) is 10.4 Å². The molecule has 1 heterocycles. The fourth-order valence-electron chi connectivity index (χ4n) is 3.10. The highest BCUT2D eigenvalue weighted by atomic mass is 79.9. The van der Waals surface area contributed by atoms with Crippen molar-refractivity contribution >= 4 is 32.7 Å². The molecule has 2 aromatic carbocycles. The first-order valence-electron chi connectivity index (χ1n) is 8.20. The standard InChI is InChI=1S/C18H14BrF4N3O4/c1-26-15(13-9(25-26)5-8(19)6-12(13)30-18(22)23)7-3-10(28-2)14(16(24)27)11(4-7)29-17(20)21/h3-6,17-18H,1-2H3,(H2,24,27). The average molecular weight is 492 g/mol. The lowest BCUT2D eigenvalue weighted by molar-refractivity contribution is -0.0505. The molecule has 0 saturated heterocycles. The van der Waals surface area contributed by atoms with Gasteiger partial charge in [0.25, 0.3) is 5.91 Å². The molecule has 0 atom stereocenters. The Hall–Kier alpha value is -3.02. The van der Waals surface area contributed by atoms with Crippen LogP contribution >= 0.6 is 15.9 Å². The summed E-state index contributed by atoms with van der Waals surface area (Å²) in [5.41, 5.74) is 5.62. The van der Waals surface area contributed by atoms with E-state index in [-0.39, 0.29) is 33.7 Å². The summed E-state index contributed by atoms with van der Waals surface area (Å²) in [6, 6.07) is 5.36. The molecule has 0 spiro atoms. The van der Waals surface area contributed by atoms with Crippen molar-refractivity contribution in [2.24, 2.45) is 12.8 Å². The number of methoxy groups -OCH3 is 1. The van der Waals surface area contributed by atoms with Crippen LogP contribution in [0.4, 0.5) is 17.6 Å². The van der Waals surface area contributed by atoms with Crippen LogP contribution in [0.2, 0.25) is 0 Å². The van der Waals surface area contributed by atoms with E-state index < -0.39 is 24.9 Å². The van der Waals surface area contributed by atoms with Gasteiger partial charge in [0.15, 0.2) is 0 Å². The first kappa shape index (κ1) is 21.7. The van der Waals surface area contributed by atoms with E-state index in [1.165, 1.54) is 31.0 Å². The number of carbonyl (C=O) groups is 1. The second kappa shape index (κ2) is 8.38. The minimum atomic E-state index is -3.25. The van der Waals surface area contributed by atoms with Crippen LogP contribution in [0.15, 0.2) is 28.7 Å². The minimum absolute atomic E-state index is 0.140. The predicted molar refractivity (Wildman–Crippen MR) is 102 cm³/mol. The third-order valence-electron chi connectivity index (χ3n) is 4.10. The lowest BCUT2D eigenvalue weighted by Gasteiger charge is -2.15. The van der Waals surface area contributed by atoms with Gasteiger partial charge >= 0.3 is 13.2 Å². The Balaban J connectivity index is 2.34. The van der Waals surface area contributed by atoms with Crippen LogP contribution < -0.4 is 19.9 Å². The number of fused-ring (bicyclic) bond motifs is 1. The van der Waals surface area contributed by atoms with Gasteiger partial charge in [0.1, 0.15) is 22.8 Å². The quantitative estimate of drug-likeness (QED) is 0.497. The summed E-state index contributed by atoms with van der Waals surface area (Å²) < 4.78 is 67.7. The number of hydrogen-bond donors (Lipinski definition) is 1. The molecule has 0 aliphatic carbocycles. The first-order valence-corrected chi connectivity index (χ1v) is 8.99. The SMILES string of the molecule is COc1cc(-c2c3c(OC(F)F)cc(Br)cc3nn2C)cc(OC(F)F)c1C(N)=O. The molecule has 7 nitrogen and oxygen atoms in total. The molecule has 3 aromatic rings. The maximum absolute atomic E-state index is 12.9. The van der Waals surface area contributed by atoms with E-state index in [0.717, 1.165) is 6.07 Å². The monoisotopic (exact) mass is 491 g/mol. The zero-order valence-electron chi connectivity index (χ0n) is 15.5. The Morgan fingerprint density at radius 3 is 2.23 bits per heavy atom. The molecule has 1 aromatic heterocycles. The number of primary amides is 1. The molecule has 0 aliphatic rings. The number of nitrogens with two attached hydrogens (primary N) is 1. The Morgan fingerprint density at radius 1 is 1.07 bits per heavy atom. The molecule has 160 valence electrons. The Labute approximate surface area is 175 Å². The van der Waals surface area contributed by atoms with E-state index in [9.17, 15) is 22.4 Å². The van der Waals surface area contributed by atoms with Crippen LogP contribution in [-0.2, 0) is 7.05 Å². The van der Waals surface area contributed by atoms with E-state index >= 15 is 0 Å². The van der Waals surface area contributed by atoms with Crippen molar-refractivity contribution < 1.29 is 36.6 Å². The van der Waals surface area contributed by atoms with Gasteiger partial charge in [-0.2, -0.15) is 22.7 Å². The third kappa shape index (κ3) is 4.13. The Kier molecular flexibility index (Phi) is 6.06. The molecule has 0 aliphatic heterocycles. The molecule has 0 bridgehead atoms. The molecular formula is C18H14BrF4N3O4. The van der Waals surface area contributed by atoms with E-state index in [1.807, 2.05) is 0 Å². The molecule has 0 saturated carbocycles. The minimum Gasteiger partial charge on any atom is -0.496 e. The topological polar surface area (TPSA) is 88.6 Å². The normalized spacial score (nSPS) is 11.4. The number of halogens is 5. The van der Waals surface area contributed by atoms with Crippen LogP contribution in [0, 0.1) is 0 Å². The highest BCUT2D eigenvalue weighted by molar-refractivity contribution is 9.10. The number of rotatable bonds is 7. The molecule has 2 N–H and O–H groups in total. The maximum atomic E-state index is 12.9. The number of aryl methyl sites for hydroxylation is 1. The number of hydrogen-bond acceptors (Lipinski definition) is 5. The zero-order chi connectivity index (χ0) is 22.2. The van der Waals surface area contributed by atoms with Crippen molar-refractivity contribution in [2.75, 3.05) is 7.11 Å². The van der Waals surface area contributed by atoms with Gasteiger partial charge in [0, 0.05) is 17.1 Å². The number of amides is 1. The van der Waals surface area contributed by atoms with Crippen molar-refractivity contribution in [1.82, 2.24) is 9.78 Å². The summed E-state index contributed by atoms with van der Waals surface area (Å²) in [4.78, 5) is 11.8. The fourth-order valence-corrected chi connectivity index (χ4v) is 3.52. The maximum Gasteiger partial charge on any atom is 0.387 e. The first-order chi connectivity index (χ1) is 14.1. The number of alkyl halides is 4. The number of nitrogens with zero attached hydrogens (tertiary/aromatic N) is 2. The number of carbonyl (C=O) groups excluding carboxylic acids is 1. The van der Waals surface area contributed by atoms with Crippen molar-refractivity contribution in [3.63, 3.8) is 0 Å². The van der Waals surface area contributed by atoms with E-state index in [4.69, 9.17) is 10.5 Å². The number of benzene rings is 2. The fraction of sp³-hybridized carbons (Fsp3) is 0.222. The summed E-state index contributed by atoms with van der Waals surface area (Å²) in [6.07, 6.45) is 0. The Morgan fingerprint density at radius 2 is 1.67 bits per heavy atom. The predicted octanol–water partition coefficient (Wildman–Crippen LogP) is 4.31. The smallest absolute Gasteiger partial charge is 0.387 e. The molecule has 12 heteroatoms. The molecule has 1 amide bonds. The van der Waals surface area contributed by atoms with E-state index in [1.54, 1.807) is 6.07 Å². The lowest BCUT2D eigenvalue weighted by atomic mass is 10.0. The van der Waals surface area contributed by atoms with Gasteiger partial charge in [0.2, 0.25) is 0 Å². The van der Waals surface area contributed by atoms with Gasteiger partial charge < -0.3 is 19.9 Å². The zero-order valence-corrected chi connectivity index (χ0v) is 17.0. The summed E-state index contributed by atoms with van der Waals surface area (Å²) in [5.74, 6) is -1.91. The van der Waals surface area contributed by atoms with Crippen molar-refractivity contribution in [3.8, 4) is 28.5 Å². The molecular weight excluding hydrogens is 478 g/mol. The number of aromatic nitrogens is 2. The lowest BCUT2D eigenvalue weighted by Crippen LogP contribution is -2.16. The van der Waals surface area contributed by atoms with Gasteiger partial charge in [-0.05, 0) is 24.3 Å². The number of ether oxygens (including phenoxy) is 3. The highest BCUT2D eigenvalue weighted by Crippen LogP contribution is 2.42. The van der Waals surface area contributed by atoms with Gasteiger partial charge in [0.05, 0.1) is 23.7 Å². The van der Waals surface area contributed by atoms with Crippen LogP contribution in [0.3, 0.4) is 0 Å². The highest BCUT2D eigenvalue weighted by Gasteiger charge is 2.25. The molecule has 0 fully saturated rings. The summed E-state index contributed by atoms with van der Waals surface area (Å²) in [7, 11) is 2.74. The van der Waals surface area contributed by atoms with Crippen molar-refractivity contribution in [2.45, 2.75) is 13.2 Å².